The van der Waals surface area contributed by atoms with E-state index in [4.69, 9.17) is 0 Å². The molecule has 1 aliphatic rings. The number of aromatic nitrogens is 1. The fraction of sp³-hybridized carbons (Fsp3) is 0.400. The monoisotopic (exact) mass is 355 g/mol. The van der Waals surface area contributed by atoms with Crippen molar-refractivity contribution in [2.75, 3.05) is 26.2 Å². The van der Waals surface area contributed by atoms with Crippen molar-refractivity contribution in [3.63, 3.8) is 0 Å². The fourth-order valence-electron chi connectivity index (χ4n) is 3.00. The molecule has 0 unspecified atom stereocenters. The summed E-state index contributed by atoms with van der Waals surface area (Å²) in [6.45, 7) is 8.48. The Bertz CT molecular complexity index is 697. The lowest BCUT2D eigenvalue weighted by Crippen LogP contribution is -2.48. The first kappa shape index (κ1) is 18.0. The molecule has 25 heavy (non-hydrogen) atoms. The zero-order valence-corrected chi connectivity index (χ0v) is 15.7. The molecule has 0 bridgehead atoms. The maximum Gasteiger partial charge on any atom is 0.255 e. The van der Waals surface area contributed by atoms with Crippen molar-refractivity contribution in [2.45, 2.75) is 30.5 Å². The molecule has 2 heterocycles. The minimum absolute atomic E-state index is 0.154. The van der Waals surface area contributed by atoms with Gasteiger partial charge >= 0.3 is 0 Å². The Labute approximate surface area is 154 Å². The molecule has 132 valence electrons. The number of pyridine rings is 1. The standard InChI is InChI=1S/C20H25N3OS/c1-16(2)25-19-9-4-3-8-18(19)20(24)23-13-11-22(12-14-23)15-17-7-5-6-10-21-17/h3-10,16H,11-15H2,1-2H3. The summed E-state index contributed by atoms with van der Waals surface area (Å²) >= 11 is 1.75. The fourth-order valence-corrected chi connectivity index (χ4v) is 3.95. The zero-order valence-electron chi connectivity index (χ0n) is 14.9. The molecule has 2 aromatic rings. The molecule has 0 N–H and O–H groups in total. The molecule has 0 atom stereocenters. The van der Waals surface area contributed by atoms with Crippen molar-refractivity contribution in [3.8, 4) is 0 Å². The second-order valence-electron chi connectivity index (χ2n) is 6.55. The Kier molecular flexibility index (Phi) is 6.10. The third-order valence-electron chi connectivity index (χ3n) is 4.25. The largest absolute Gasteiger partial charge is 0.336 e. The number of hydrogen-bond donors (Lipinski definition) is 0. The SMILES string of the molecule is CC(C)Sc1ccccc1C(=O)N1CCN(Cc2ccccn2)CC1. The first-order valence-corrected chi connectivity index (χ1v) is 9.68. The van der Waals surface area contributed by atoms with E-state index in [0.29, 0.717) is 5.25 Å². The Morgan fingerprint density at radius 3 is 2.48 bits per heavy atom. The number of piperazine rings is 1. The van der Waals surface area contributed by atoms with E-state index < -0.39 is 0 Å². The molecule has 1 aromatic carbocycles. The molecule has 1 aliphatic heterocycles. The number of hydrogen-bond acceptors (Lipinski definition) is 4. The molecule has 3 rings (SSSR count). The van der Waals surface area contributed by atoms with Gasteiger partial charge in [0.25, 0.3) is 5.91 Å². The van der Waals surface area contributed by atoms with Crippen LogP contribution in [0.5, 0.6) is 0 Å². The molecule has 0 saturated carbocycles. The van der Waals surface area contributed by atoms with Crippen molar-refractivity contribution in [3.05, 3.63) is 59.9 Å². The van der Waals surface area contributed by atoms with Gasteiger partial charge in [-0.15, -0.1) is 11.8 Å². The average molecular weight is 356 g/mol. The zero-order chi connectivity index (χ0) is 17.6. The predicted molar refractivity (Wildman–Crippen MR) is 103 cm³/mol. The lowest BCUT2D eigenvalue weighted by Gasteiger charge is -2.34. The van der Waals surface area contributed by atoms with E-state index in [0.717, 1.165) is 48.9 Å². The number of carbonyl (C=O) groups excluding carboxylic acids is 1. The summed E-state index contributed by atoms with van der Waals surface area (Å²) in [4.78, 5) is 22.8. The highest BCUT2D eigenvalue weighted by atomic mass is 32.2. The summed E-state index contributed by atoms with van der Waals surface area (Å²) in [5.41, 5.74) is 1.92. The van der Waals surface area contributed by atoms with Gasteiger partial charge < -0.3 is 4.90 Å². The molecule has 5 heteroatoms. The molecule has 1 amide bonds. The van der Waals surface area contributed by atoms with Crippen molar-refractivity contribution in [2.24, 2.45) is 0 Å². The number of thioether (sulfide) groups is 1. The topological polar surface area (TPSA) is 36.4 Å². The van der Waals surface area contributed by atoms with Gasteiger partial charge in [0.15, 0.2) is 0 Å². The second kappa shape index (κ2) is 8.50. The molecule has 0 aliphatic carbocycles. The van der Waals surface area contributed by atoms with Crippen LogP contribution < -0.4 is 0 Å². The van der Waals surface area contributed by atoms with Gasteiger partial charge in [0.1, 0.15) is 0 Å². The van der Waals surface area contributed by atoms with Crippen LogP contribution in [0.25, 0.3) is 0 Å². The summed E-state index contributed by atoms with van der Waals surface area (Å²) < 4.78 is 0. The van der Waals surface area contributed by atoms with E-state index in [1.807, 2.05) is 41.4 Å². The molecule has 0 spiro atoms. The van der Waals surface area contributed by atoms with Crippen LogP contribution in [-0.4, -0.2) is 52.1 Å². The van der Waals surface area contributed by atoms with Gasteiger partial charge in [-0.3, -0.25) is 14.7 Å². The normalized spacial score (nSPS) is 15.6. The van der Waals surface area contributed by atoms with Gasteiger partial charge in [0.2, 0.25) is 0 Å². The van der Waals surface area contributed by atoms with Gasteiger partial charge in [-0.05, 0) is 24.3 Å². The number of amides is 1. The van der Waals surface area contributed by atoms with Crippen LogP contribution in [0.15, 0.2) is 53.6 Å². The van der Waals surface area contributed by atoms with Crippen LogP contribution in [0, 0.1) is 0 Å². The van der Waals surface area contributed by atoms with E-state index >= 15 is 0 Å². The number of rotatable bonds is 5. The van der Waals surface area contributed by atoms with Crippen molar-refractivity contribution < 1.29 is 4.79 Å². The van der Waals surface area contributed by atoms with Crippen molar-refractivity contribution in [1.29, 1.82) is 0 Å². The summed E-state index contributed by atoms with van der Waals surface area (Å²) in [7, 11) is 0. The average Bonchev–Trinajstić information content (AvgIpc) is 2.63. The Morgan fingerprint density at radius 2 is 1.80 bits per heavy atom. The van der Waals surface area contributed by atoms with Crippen LogP contribution in [-0.2, 0) is 6.54 Å². The third kappa shape index (κ3) is 4.83. The van der Waals surface area contributed by atoms with Gasteiger partial charge in [-0.2, -0.15) is 0 Å². The first-order valence-electron chi connectivity index (χ1n) is 8.80. The summed E-state index contributed by atoms with van der Waals surface area (Å²) in [6, 6.07) is 14.0. The third-order valence-corrected chi connectivity index (χ3v) is 5.33. The molecular formula is C20H25N3OS. The van der Waals surface area contributed by atoms with E-state index in [1.165, 1.54) is 0 Å². The Morgan fingerprint density at radius 1 is 1.08 bits per heavy atom. The Balaban J connectivity index is 1.60. The van der Waals surface area contributed by atoms with Crippen LogP contribution in [0.2, 0.25) is 0 Å². The Hall–Kier alpha value is -1.85. The summed E-state index contributed by atoms with van der Waals surface area (Å²) in [5, 5.41) is 0.462. The van der Waals surface area contributed by atoms with E-state index in [1.54, 1.807) is 11.8 Å². The highest BCUT2D eigenvalue weighted by Gasteiger charge is 2.24. The maximum absolute atomic E-state index is 12.9. The van der Waals surface area contributed by atoms with Crippen LogP contribution in [0.4, 0.5) is 0 Å². The number of benzene rings is 1. The van der Waals surface area contributed by atoms with Crippen molar-refractivity contribution >= 4 is 17.7 Å². The summed E-state index contributed by atoms with van der Waals surface area (Å²) in [6.07, 6.45) is 1.83. The second-order valence-corrected chi connectivity index (χ2v) is 8.17. The molecule has 1 aromatic heterocycles. The smallest absolute Gasteiger partial charge is 0.255 e. The molecule has 4 nitrogen and oxygen atoms in total. The molecule has 0 radical (unpaired) electrons. The highest BCUT2D eigenvalue weighted by molar-refractivity contribution is 8.00. The van der Waals surface area contributed by atoms with Gasteiger partial charge in [-0.25, -0.2) is 0 Å². The van der Waals surface area contributed by atoms with Crippen LogP contribution in [0.1, 0.15) is 29.9 Å². The number of carbonyl (C=O) groups is 1. The van der Waals surface area contributed by atoms with E-state index in [2.05, 4.69) is 35.9 Å². The van der Waals surface area contributed by atoms with Crippen LogP contribution in [0.3, 0.4) is 0 Å². The van der Waals surface area contributed by atoms with E-state index in [-0.39, 0.29) is 5.91 Å². The predicted octanol–water partition coefficient (Wildman–Crippen LogP) is 3.54. The van der Waals surface area contributed by atoms with Crippen molar-refractivity contribution in [1.82, 2.24) is 14.8 Å². The van der Waals surface area contributed by atoms with E-state index in [9.17, 15) is 4.79 Å². The minimum Gasteiger partial charge on any atom is -0.336 e. The quantitative estimate of drug-likeness (QED) is 0.769. The molecule has 1 saturated heterocycles. The van der Waals surface area contributed by atoms with Gasteiger partial charge in [0.05, 0.1) is 11.3 Å². The van der Waals surface area contributed by atoms with Crippen LogP contribution >= 0.6 is 11.8 Å². The lowest BCUT2D eigenvalue weighted by atomic mass is 10.1. The minimum atomic E-state index is 0.154. The summed E-state index contributed by atoms with van der Waals surface area (Å²) in [5.74, 6) is 0.154. The highest BCUT2D eigenvalue weighted by Crippen LogP contribution is 2.27. The lowest BCUT2D eigenvalue weighted by molar-refractivity contribution is 0.0623. The molecule has 1 fully saturated rings. The first-order chi connectivity index (χ1) is 12.1. The van der Waals surface area contributed by atoms with Gasteiger partial charge in [-0.1, -0.05) is 32.0 Å². The van der Waals surface area contributed by atoms with Gasteiger partial charge in [0, 0.05) is 49.1 Å². The molecular weight excluding hydrogens is 330 g/mol. The maximum atomic E-state index is 12.9. The number of nitrogens with zero attached hydrogens (tertiary/aromatic N) is 3.